The van der Waals surface area contributed by atoms with Gasteiger partial charge in [-0.25, -0.2) is 4.79 Å². The number of benzene rings is 2. The first kappa shape index (κ1) is 21.1. The fourth-order valence-electron chi connectivity index (χ4n) is 2.54. The van der Waals surface area contributed by atoms with Crippen LogP contribution in [0, 0.1) is 0 Å². The predicted molar refractivity (Wildman–Crippen MR) is 104 cm³/mol. The molecule has 0 aliphatic rings. The summed E-state index contributed by atoms with van der Waals surface area (Å²) >= 11 is 0. The van der Waals surface area contributed by atoms with Crippen molar-refractivity contribution in [3.05, 3.63) is 53.6 Å². The third-order valence-corrected chi connectivity index (χ3v) is 3.86. The van der Waals surface area contributed by atoms with E-state index in [-0.39, 0.29) is 18.1 Å². The van der Waals surface area contributed by atoms with Crippen LogP contribution in [-0.4, -0.2) is 36.8 Å². The summed E-state index contributed by atoms with van der Waals surface area (Å²) in [6.07, 6.45) is 0.0208. The summed E-state index contributed by atoms with van der Waals surface area (Å²) in [5.74, 6) is 0.177. The zero-order valence-corrected chi connectivity index (χ0v) is 16.4. The van der Waals surface area contributed by atoms with Crippen LogP contribution >= 0.6 is 0 Å². The molecule has 0 saturated carbocycles. The van der Waals surface area contributed by atoms with E-state index in [1.807, 2.05) is 39.0 Å². The Kier molecular flexibility index (Phi) is 7.26. The van der Waals surface area contributed by atoms with Crippen LogP contribution in [0.15, 0.2) is 42.5 Å². The molecule has 2 aromatic carbocycles. The molecule has 0 bridgehead atoms. The molecule has 0 aliphatic carbocycles. The molecule has 1 amide bonds. The van der Waals surface area contributed by atoms with Gasteiger partial charge in [-0.3, -0.25) is 4.79 Å². The van der Waals surface area contributed by atoms with Gasteiger partial charge in [0.05, 0.1) is 19.3 Å². The number of carboxylic acids is 1. The molecule has 2 N–H and O–H groups in total. The highest BCUT2D eigenvalue weighted by atomic mass is 16.5. The van der Waals surface area contributed by atoms with Crippen LogP contribution < -0.4 is 19.5 Å². The van der Waals surface area contributed by atoms with Crippen LogP contribution in [0.5, 0.6) is 17.2 Å². The maximum Gasteiger partial charge on any atom is 0.341 e. The maximum atomic E-state index is 12.5. The molecule has 2 aromatic rings. The normalized spacial score (nSPS) is 11.6. The van der Waals surface area contributed by atoms with E-state index in [0.29, 0.717) is 22.8 Å². The van der Waals surface area contributed by atoms with Crippen LogP contribution in [0.2, 0.25) is 0 Å². The Bertz CT molecular complexity index is 833. The van der Waals surface area contributed by atoms with E-state index in [9.17, 15) is 9.59 Å². The fraction of sp³-hybridized carbons (Fsp3) is 0.333. The van der Waals surface area contributed by atoms with E-state index in [4.69, 9.17) is 19.3 Å². The van der Waals surface area contributed by atoms with Gasteiger partial charge in [-0.05, 0) is 56.7 Å². The van der Waals surface area contributed by atoms with Crippen molar-refractivity contribution in [2.75, 3.05) is 13.7 Å². The Hall–Kier alpha value is -3.22. The molecule has 7 heteroatoms. The SMILES string of the molecule is COc1cc(C(C)NC(=O)c2cccc(OCC(=O)O)c2)ccc1OC(C)C. The molecule has 1 atom stereocenters. The standard InChI is InChI=1S/C21H25NO6/c1-13(2)28-18-9-8-15(11-19(18)26-4)14(3)22-21(25)16-6-5-7-17(10-16)27-12-20(23)24/h5-11,13-14H,12H2,1-4H3,(H,22,25)(H,23,24). The molecule has 2 rings (SSSR count). The molecule has 7 nitrogen and oxygen atoms in total. The first-order valence-corrected chi connectivity index (χ1v) is 8.90. The Morgan fingerprint density at radius 2 is 1.82 bits per heavy atom. The van der Waals surface area contributed by atoms with Gasteiger partial charge in [0.15, 0.2) is 18.1 Å². The number of carbonyl (C=O) groups is 2. The smallest absolute Gasteiger partial charge is 0.341 e. The van der Waals surface area contributed by atoms with Gasteiger partial charge in [0, 0.05) is 5.56 Å². The van der Waals surface area contributed by atoms with Crippen molar-refractivity contribution in [3.8, 4) is 17.2 Å². The van der Waals surface area contributed by atoms with E-state index in [2.05, 4.69) is 5.32 Å². The Labute approximate surface area is 164 Å². The number of rotatable bonds is 9. The molecule has 1 unspecified atom stereocenters. The number of ether oxygens (including phenoxy) is 3. The molecule has 0 radical (unpaired) electrons. The van der Waals surface area contributed by atoms with E-state index in [1.54, 1.807) is 25.3 Å². The van der Waals surface area contributed by atoms with E-state index in [0.717, 1.165) is 5.56 Å². The number of amides is 1. The first-order valence-electron chi connectivity index (χ1n) is 8.90. The van der Waals surface area contributed by atoms with Gasteiger partial charge in [0.2, 0.25) is 0 Å². The number of hydrogen-bond acceptors (Lipinski definition) is 5. The van der Waals surface area contributed by atoms with Crippen LogP contribution in [0.25, 0.3) is 0 Å². The molecule has 0 heterocycles. The minimum Gasteiger partial charge on any atom is -0.493 e. The molecule has 0 fully saturated rings. The van der Waals surface area contributed by atoms with Crippen LogP contribution in [0.4, 0.5) is 0 Å². The van der Waals surface area contributed by atoms with Gasteiger partial charge in [0.25, 0.3) is 5.91 Å². The first-order chi connectivity index (χ1) is 13.3. The van der Waals surface area contributed by atoms with Crippen molar-refractivity contribution >= 4 is 11.9 Å². The topological polar surface area (TPSA) is 94.1 Å². The van der Waals surface area contributed by atoms with Crippen molar-refractivity contribution < 1.29 is 28.9 Å². The average Bonchev–Trinajstić information content (AvgIpc) is 2.66. The summed E-state index contributed by atoms with van der Waals surface area (Å²) < 4.78 is 16.2. The monoisotopic (exact) mass is 387 g/mol. The summed E-state index contributed by atoms with van der Waals surface area (Å²) in [5, 5.41) is 11.6. The van der Waals surface area contributed by atoms with Gasteiger partial charge in [-0.2, -0.15) is 0 Å². The summed E-state index contributed by atoms with van der Waals surface area (Å²) in [5.41, 5.74) is 1.24. The van der Waals surface area contributed by atoms with Crippen molar-refractivity contribution in [3.63, 3.8) is 0 Å². The van der Waals surface area contributed by atoms with Gasteiger partial charge < -0.3 is 24.6 Å². The second-order valence-electron chi connectivity index (χ2n) is 6.48. The lowest BCUT2D eigenvalue weighted by Crippen LogP contribution is -2.26. The van der Waals surface area contributed by atoms with Crippen molar-refractivity contribution in [1.82, 2.24) is 5.32 Å². The van der Waals surface area contributed by atoms with Crippen LogP contribution in [0.1, 0.15) is 42.7 Å². The molecule has 0 aromatic heterocycles. The summed E-state index contributed by atoms with van der Waals surface area (Å²) in [6.45, 7) is 5.27. The van der Waals surface area contributed by atoms with Crippen molar-refractivity contribution in [1.29, 1.82) is 0 Å². The number of methoxy groups -OCH3 is 1. The summed E-state index contributed by atoms with van der Waals surface area (Å²) in [7, 11) is 1.57. The quantitative estimate of drug-likeness (QED) is 0.685. The second-order valence-corrected chi connectivity index (χ2v) is 6.48. The highest BCUT2D eigenvalue weighted by Gasteiger charge is 2.15. The molecule has 0 saturated heterocycles. The molecule has 0 aliphatic heterocycles. The third kappa shape index (κ3) is 5.90. The van der Waals surface area contributed by atoms with Crippen LogP contribution in [-0.2, 0) is 4.79 Å². The number of nitrogens with one attached hydrogen (secondary N) is 1. The maximum absolute atomic E-state index is 12.5. The lowest BCUT2D eigenvalue weighted by molar-refractivity contribution is -0.139. The molecular formula is C21H25NO6. The number of carbonyl (C=O) groups excluding carboxylic acids is 1. The average molecular weight is 387 g/mol. The largest absolute Gasteiger partial charge is 0.493 e. The zero-order valence-electron chi connectivity index (χ0n) is 16.4. The third-order valence-electron chi connectivity index (χ3n) is 3.86. The molecule has 150 valence electrons. The number of aliphatic carboxylic acids is 1. The minimum absolute atomic E-state index is 0.0208. The molecule has 28 heavy (non-hydrogen) atoms. The Morgan fingerprint density at radius 1 is 1.07 bits per heavy atom. The Morgan fingerprint density at radius 3 is 2.46 bits per heavy atom. The minimum atomic E-state index is -1.08. The number of carboxylic acid groups (broad SMARTS) is 1. The van der Waals surface area contributed by atoms with Crippen LogP contribution in [0.3, 0.4) is 0 Å². The van der Waals surface area contributed by atoms with Gasteiger partial charge in [-0.15, -0.1) is 0 Å². The van der Waals surface area contributed by atoms with E-state index in [1.165, 1.54) is 6.07 Å². The van der Waals surface area contributed by atoms with E-state index >= 15 is 0 Å². The highest BCUT2D eigenvalue weighted by molar-refractivity contribution is 5.94. The lowest BCUT2D eigenvalue weighted by atomic mass is 10.1. The highest BCUT2D eigenvalue weighted by Crippen LogP contribution is 2.31. The summed E-state index contributed by atoms with van der Waals surface area (Å²) in [4.78, 5) is 23.2. The molecular weight excluding hydrogens is 362 g/mol. The van der Waals surface area contributed by atoms with Gasteiger partial charge >= 0.3 is 5.97 Å². The lowest BCUT2D eigenvalue weighted by Gasteiger charge is -2.18. The van der Waals surface area contributed by atoms with E-state index < -0.39 is 12.6 Å². The number of hydrogen-bond donors (Lipinski definition) is 2. The fourth-order valence-corrected chi connectivity index (χ4v) is 2.54. The Balaban J connectivity index is 2.09. The van der Waals surface area contributed by atoms with Gasteiger partial charge in [-0.1, -0.05) is 12.1 Å². The zero-order chi connectivity index (χ0) is 20.7. The van der Waals surface area contributed by atoms with Gasteiger partial charge in [0.1, 0.15) is 5.75 Å². The van der Waals surface area contributed by atoms with Crippen molar-refractivity contribution in [2.24, 2.45) is 0 Å². The molecule has 0 spiro atoms. The predicted octanol–water partition coefficient (Wildman–Crippen LogP) is 3.44. The summed E-state index contributed by atoms with van der Waals surface area (Å²) in [6, 6.07) is 11.6. The van der Waals surface area contributed by atoms with Crippen molar-refractivity contribution in [2.45, 2.75) is 32.9 Å². The second kappa shape index (κ2) is 9.64.